The van der Waals surface area contributed by atoms with Gasteiger partial charge in [0.15, 0.2) is 5.96 Å². The first-order chi connectivity index (χ1) is 11.8. The zero-order valence-corrected chi connectivity index (χ0v) is 17.8. The molecular weight excluding hydrogens is 423 g/mol. The molecule has 2 heterocycles. The molecule has 25 heavy (non-hydrogen) atoms. The first-order valence-electron chi connectivity index (χ1n) is 9.54. The number of aliphatic imine (C=N–C) groups is 1. The summed E-state index contributed by atoms with van der Waals surface area (Å²) in [6, 6.07) is 10.1. The fraction of sp³-hybridized carbons (Fsp3) is 0.650. The van der Waals surface area contributed by atoms with Crippen molar-refractivity contribution in [2.75, 3.05) is 33.2 Å². The molecular formula is C20H31IN4. The summed E-state index contributed by atoms with van der Waals surface area (Å²) in [6.07, 6.45) is 5.27. The van der Waals surface area contributed by atoms with Crippen LogP contribution in [0.4, 0.5) is 0 Å². The van der Waals surface area contributed by atoms with Crippen LogP contribution in [0, 0.1) is 6.92 Å². The lowest BCUT2D eigenvalue weighted by Crippen LogP contribution is -2.43. The number of nitrogens with zero attached hydrogens (tertiary/aromatic N) is 3. The van der Waals surface area contributed by atoms with E-state index in [9.17, 15) is 0 Å². The molecule has 2 aliphatic heterocycles. The van der Waals surface area contributed by atoms with Crippen molar-refractivity contribution in [2.24, 2.45) is 4.99 Å². The van der Waals surface area contributed by atoms with Gasteiger partial charge in [-0.25, -0.2) is 0 Å². The molecule has 0 radical (unpaired) electrons. The Morgan fingerprint density at radius 2 is 1.92 bits per heavy atom. The highest BCUT2D eigenvalue weighted by molar-refractivity contribution is 14.0. The van der Waals surface area contributed by atoms with Crippen molar-refractivity contribution >= 4 is 29.9 Å². The molecule has 4 nitrogen and oxygen atoms in total. The van der Waals surface area contributed by atoms with E-state index in [0.29, 0.717) is 12.0 Å². The van der Waals surface area contributed by atoms with Crippen LogP contribution >= 0.6 is 24.0 Å². The lowest BCUT2D eigenvalue weighted by molar-refractivity contribution is 0.249. The maximum absolute atomic E-state index is 4.57. The number of guanidine groups is 1. The predicted octanol–water partition coefficient (Wildman–Crippen LogP) is 3.21. The van der Waals surface area contributed by atoms with Gasteiger partial charge in [-0.05, 0) is 56.8 Å². The molecule has 0 spiro atoms. The van der Waals surface area contributed by atoms with Gasteiger partial charge in [0.2, 0.25) is 0 Å². The van der Waals surface area contributed by atoms with Gasteiger partial charge in [0.1, 0.15) is 0 Å². The summed E-state index contributed by atoms with van der Waals surface area (Å²) in [6.45, 7) is 7.09. The Morgan fingerprint density at radius 3 is 2.64 bits per heavy atom. The number of benzene rings is 1. The van der Waals surface area contributed by atoms with Gasteiger partial charge in [-0.1, -0.05) is 24.3 Å². The van der Waals surface area contributed by atoms with Gasteiger partial charge in [-0.2, -0.15) is 0 Å². The van der Waals surface area contributed by atoms with Crippen molar-refractivity contribution in [1.82, 2.24) is 15.1 Å². The average Bonchev–Trinajstić information content (AvgIpc) is 3.01. The fourth-order valence-corrected chi connectivity index (χ4v) is 4.50. The molecule has 1 N–H and O–H groups in total. The van der Waals surface area contributed by atoms with Crippen LogP contribution in [0.25, 0.3) is 0 Å². The largest absolute Gasteiger partial charge is 0.353 e. The number of halogens is 1. The third-order valence-electron chi connectivity index (χ3n) is 6.02. The number of likely N-dealkylation sites (tertiary alicyclic amines) is 2. The quantitative estimate of drug-likeness (QED) is 0.433. The minimum absolute atomic E-state index is 0. The van der Waals surface area contributed by atoms with Crippen LogP contribution in [0.1, 0.15) is 42.7 Å². The van der Waals surface area contributed by atoms with Crippen LogP contribution < -0.4 is 5.32 Å². The van der Waals surface area contributed by atoms with Crippen molar-refractivity contribution in [1.29, 1.82) is 0 Å². The molecule has 0 bridgehead atoms. The summed E-state index contributed by atoms with van der Waals surface area (Å²) in [5.41, 5.74) is 2.92. The maximum Gasteiger partial charge on any atom is 0.193 e. The zero-order chi connectivity index (χ0) is 16.5. The summed E-state index contributed by atoms with van der Waals surface area (Å²) < 4.78 is 0. The molecule has 0 aromatic heterocycles. The Balaban J connectivity index is 0.00000182. The fourth-order valence-electron chi connectivity index (χ4n) is 4.50. The van der Waals surface area contributed by atoms with E-state index in [1.165, 1.54) is 49.9 Å². The van der Waals surface area contributed by atoms with Gasteiger partial charge in [0.25, 0.3) is 0 Å². The Morgan fingerprint density at radius 1 is 1.16 bits per heavy atom. The van der Waals surface area contributed by atoms with Crippen LogP contribution in [0.2, 0.25) is 0 Å². The van der Waals surface area contributed by atoms with Crippen LogP contribution in [-0.2, 0) is 0 Å². The van der Waals surface area contributed by atoms with Crippen molar-refractivity contribution in [3.63, 3.8) is 0 Å². The number of hydrogen-bond donors (Lipinski definition) is 1. The molecule has 1 aromatic rings. The highest BCUT2D eigenvalue weighted by Gasteiger charge is 2.41. The highest BCUT2D eigenvalue weighted by Crippen LogP contribution is 2.42. The Kier molecular flexibility index (Phi) is 6.25. The average molecular weight is 454 g/mol. The minimum atomic E-state index is 0. The minimum Gasteiger partial charge on any atom is -0.353 e. The lowest BCUT2D eigenvalue weighted by atomic mass is 10.0. The van der Waals surface area contributed by atoms with Crippen molar-refractivity contribution in [2.45, 2.75) is 50.6 Å². The van der Waals surface area contributed by atoms with Crippen molar-refractivity contribution in [3.05, 3.63) is 35.4 Å². The molecule has 1 saturated carbocycles. The Hall–Kier alpha value is -0.820. The molecule has 4 rings (SSSR count). The number of aryl methyl sites for hydroxylation is 1. The van der Waals surface area contributed by atoms with Gasteiger partial charge in [0, 0.05) is 38.1 Å². The van der Waals surface area contributed by atoms with Crippen molar-refractivity contribution < 1.29 is 0 Å². The topological polar surface area (TPSA) is 30.9 Å². The molecule has 1 aliphatic carbocycles. The van der Waals surface area contributed by atoms with E-state index in [4.69, 9.17) is 0 Å². The summed E-state index contributed by atoms with van der Waals surface area (Å²) >= 11 is 0. The second kappa shape index (κ2) is 8.25. The second-order valence-electron chi connectivity index (χ2n) is 7.63. The molecule has 1 aromatic carbocycles. The molecule has 3 atom stereocenters. The van der Waals surface area contributed by atoms with E-state index >= 15 is 0 Å². The molecule has 138 valence electrons. The van der Waals surface area contributed by atoms with Crippen LogP contribution in [0.15, 0.2) is 29.3 Å². The van der Waals surface area contributed by atoms with E-state index in [2.05, 4.69) is 51.3 Å². The van der Waals surface area contributed by atoms with Gasteiger partial charge in [-0.3, -0.25) is 9.89 Å². The standard InChI is InChI=1S/C20H30N4.HI/c1-15-7-3-4-8-17(15)18-13-19(18)22-20(21-2)24-12-9-16(14-24)23-10-5-6-11-23;/h3-4,7-8,16,18-19H,5-6,9-14H2,1-2H3,(H,21,22);1H. The molecule has 3 fully saturated rings. The lowest BCUT2D eigenvalue weighted by Gasteiger charge is -2.25. The highest BCUT2D eigenvalue weighted by atomic mass is 127. The molecule has 3 aliphatic rings. The first kappa shape index (κ1) is 19.0. The summed E-state index contributed by atoms with van der Waals surface area (Å²) in [5.74, 6) is 1.76. The van der Waals surface area contributed by atoms with Crippen molar-refractivity contribution in [3.8, 4) is 0 Å². The normalized spacial score (nSPS) is 29.6. The van der Waals surface area contributed by atoms with Gasteiger partial charge in [0.05, 0.1) is 0 Å². The third kappa shape index (κ3) is 4.13. The molecule has 3 unspecified atom stereocenters. The summed E-state index contributed by atoms with van der Waals surface area (Å²) in [4.78, 5) is 9.72. The van der Waals surface area contributed by atoms with E-state index in [0.717, 1.165) is 25.1 Å². The predicted molar refractivity (Wildman–Crippen MR) is 115 cm³/mol. The van der Waals surface area contributed by atoms with Gasteiger partial charge in [-0.15, -0.1) is 24.0 Å². The zero-order valence-electron chi connectivity index (χ0n) is 15.4. The smallest absolute Gasteiger partial charge is 0.193 e. The molecule has 5 heteroatoms. The molecule has 0 amide bonds. The van der Waals surface area contributed by atoms with Crippen LogP contribution in [-0.4, -0.2) is 61.1 Å². The molecule has 2 saturated heterocycles. The van der Waals surface area contributed by atoms with E-state index in [1.54, 1.807) is 0 Å². The number of nitrogens with one attached hydrogen (secondary N) is 1. The Labute approximate surface area is 169 Å². The first-order valence-corrected chi connectivity index (χ1v) is 9.54. The number of hydrogen-bond acceptors (Lipinski definition) is 2. The monoisotopic (exact) mass is 454 g/mol. The van der Waals surface area contributed by atoms with Crippen LogP contribution in [0.3, 0.4) is 0 Å². The van der Waals surface area contributed by atoms with E-state index in [1.807, 2.05) is 7.05 Å². The van der Waals surface area contributed by atoms with Gasteiger partial charge < -0.3 is 10.2 Å². The SMILES string of the molecule is CN=C(NC1CC1c1ccccc1C)N1CCC(N2CCCC2)C1.I. The van der Waals surface area contributed by atoms with Gasteiger partial charge >= 0.3 is 0 Å². The maximum atomic E-state index is 4.57. The Bertz CT molecular complexity index is 611. The second-order valence-corrected chi connectivity index (χ2v) is 7.63. The summed E-state index contributed by atoms with van der Waals surface area (Å²) in [7, 11) is 1.93. The third-order valence-corrected chi connectivity index (χ3v) is 6.02. The number of rotatable bonds is 3. The summed E-state index contributed by atoms with van der Waals surface area (Å²) in [5, 5.41) is 3.73. The van der Waals surface area contributed by atoms with Crippen LogP contribution in [0.5, 0.6) is 0 Å². The van der Waals surface area contributed by atoms with E-state index < -0.39 is 0 Å². The van der Waals surface area contributed by atoms with E-state index in [-0.39, 0.29) is 24.0 Å².